The monoisotopic (exact) mass is 367 g/mol. The van der Waals surface area contributed by atoms with Crippen LogP contribution in [0.1, 0.15) is 43.4 Å². The first kappa shape index (κ1) is 18.5. The van der Waals surface area contributed by atoms with Gasteiger partial charge in [-0.05, 0) is 50.6 Å². The van der Waals surface area contributed by atoms with Crippen LogP contribution in [0, 0.1) is 0 Å². The van der Waals surface area contributed by atoms with Crippen LogP contribution in [0.5, 0.6) is 0 Å². The van der Waals surface area contributed by atoms with Crippen molar-refractivity contribution in [3.63, 3.8) is 0 Å². The van der Waals surface area contributed by atoms with Crippen LogP contribution in [0.2, 0.25) is 0 Å². The van der Waals surface area contributed by atoms with Gasteiger partial charge in [0.25, 0.3) is 0 Å². The quantitative estimate of drug-likeness (QED) is 0.606. The summed E-state index contributed by atoms with van der Waals surface area (Å²) >= 11 is 0. The summed E-state index contributed by atoms with van der Waals surface area (Å²) in [6, 6.07) is 23.6. The summed E-state index contributed by atoms with van der Waals surface area (Å²) in [5.41, 5.74) is 2.01. The number of furan rings is 1. The van der Waals surface area contributed by atoms with Crippen molar-refractivity contribution in [1.82, 2.24) is 0 Å². The van der Waals surface area contributed by atoms with Crippen molar-refractivity contribution in [2.24, 2.45) is 0 Å². The summed E-state index contributed by atoms with van der Waals surface area (Å²) in [6.07, 6.45) is 1.66. The van der Waals surface area contributed by atoms with Crippen molar-refractivity contribution < 1.29 is 8.63 Å². The molecule has 1 heterocycles. The Morgan fingerprint density at radius 3 is 2.04 bits per heavy atom. The van der Waals surface area contributed by atoms with Gasteiger partial charge in [-0.15, -0.1) is 0 Å². The molecule has 4 heteroatoms. The molecule has 0 spiro atoms. The Hall–Kier alpha value is -2.33. The molecule has 0 aliphatic carbocycles. The predicted molar refractivity (Wildman–Crippen MR) is 109 cm³/mol. The topological polar surface area (TPSA) is 42.2 Å². The lowest BCUT2D eigenvalue weighted by molar-refractivity contribution is 0.470. The second kappa shape index (κ2) is 7.92. The van der Waals surface area contributed by atoms with Gasteiger partial charge < -0.3 is 9.73 Å². The highest BCUT2D eigenvalue weighted by atomic mass is 32.2. The van der Waals surface area contributed by atoms with Crippen LogP contribution in [0.15, 0.2) is 83.5 Å². The Balaban J connectivity index is 2.08. The van der Waals surface area contributed by atoms with Crippen LogP contribution in [-0.2, 0) is 10.8 Å². The highest BCUT2D eigenvalue weighted by Gasteiger charge is 2.37. The molecule has 0 radical (unpaired) electrons. The Kier molecular flexibility index (Phi) is 5.62. The highest BCUT2D eigenvalue weighted by molar-refractivity contribution is 7.86. The molecule has 3 aromatic rings. The smallest absolute Gasteiger partial charge is 0.127 e. The number of hydrogen-bond donors (Lipinski definition) is 1. The summed E-state index contributed by atoms with van der Waals surface area (Å²) in [4.78, 5) is 0. The molecule has 0 bridgehead atoms. The normalized spacial score (nSPS) is 15.2. The summed E-state index contributed by atoms with van der Waals surface area (Å²) in [5.74, 6) is 0.778. The molecule has 2 aromatic carbocycles. The van der Waals surface area contributed by atoms with Gasteiger partial charge in [0.1, 0.15) is 11.8 Å². The van der Waals surface area contributed by atoms with E-state index in [-0.39, 0.29) is 16.0 Å². The first-order chi connectivity index (χ1) is 12.5. The molecule has 0 aliphatic heterocycles. The van der Waals surface area contributed by atoms with Crippen molar-refractivity contribution >= 4 is 16.5 Å². The number of rotatable bonds is 6. The molecule has 0 fully saturated rings. The summed E-state index contributed by atoms with van der Waals surface area (Å²) in [7, 11) is -1.14. The minimum absolute atomic E-state index is 0.241. The van der Waals surface area contributed by atoms with Crippen LogP contribution < -0.4 is 5.32 Å². The molecule has 1 N–H and O–H groups in total. The second-order valence-electron chi connectivity index (χ2n) is 7.24. The van der Waals surface area contributed by atoms with E-state index in [1.54, 1.807) is 6.26 Å². The maximum Gasteiger partial charge on any atom is 0.127 e. The van der Waals surface area contributed by atoms with Gasteiger partial charge in [0.05, 0.1) is 11.5 Å². The van der Waals surface area contributed by atoms with Crippen LogP contribution >= 0.6 is 0 Å². The summed E-state index contributed by atoms with van der Waals surface area (Å²) < 4.78 is 18.9. The Bertz CT molecular complexity index is 824. The van der Waals surface area contributed by atoms with E-state index in [1.165, 1.54) is 0 Å². The first-order valence-electron chi connectivity index (χ1n) is 8.77. The van der Waals surface area contributed by atoms with E-state index < -0.39 is 10.8 Å². The van der Waals surface area contributed by atoms with Gasteiger partial charge in [0.2, 0.25) is 0 Å². The van der Waals surface area contributed by atoms with E-state index in [1.807, 2.05) is 93.6 Å². The molecule has 0 saturated heterocycles. The number of nitrogens with one attached hydrogen (secondary N) is 1. The van der Waals surface area contributed by atoms with E-state index in [0.29, 0.717) is 0 Å². The lowest BCUT2D eigenvalue weighted by atomic mass is 10.0. The van der Waals surface area contributed by atoms with Gasteiger partial charge in [-0.1, -0.05) is 48.5 Å². The molecular weight excluding hydrogens is 342 g/mol. The largest absolute Gasteiger partial charge is 0.467 e. The molecule has 1 aromatic heterocycles. The van der Waals surface area contributed by atoms with E-state index >= 15 is 0 Å². The van der Waals surface area contributed by atoms with E-state index in [2.05, 4.69) is 5.32 Å². The van der Waals surface area contributed by atoms with Crippen molar-refractivity contribution in [3.8, 4) is 0 Å². The molecule has 0 amide bonds. The van der Waals surface area contributed by atoms with Gasteiger partial charge in [-0.3, -0.25) is 4.21 Å². The van der Waals surface area contributed by atoms with Crippen LogP contribution in [0.25, 0.3) is 0 Å². The number of para-hydroxylation sites is 1. The molecule has 1 unspecified atom stereocenters. The minimum Gasteiger partial charge on any atom is -0.467 e. The first-order valence-corrected chi connectivity index (χ1v) is 9.99. The van der Waals surface area contributed by atoms with E-state index in [4.69, 9.17) is 4.42 Å². The maximum atomic E-state index is 13.5. The zero-order chi connectivity index (χ0) is 18.6. The Labute approximate surface area is 157 Å². The predicted octanol–water partition coefficient (Wildman–Crippen LogP) is 5.72. The van der Waals surface area contributed by atoms with E-state index in [0.717, 1.165) is 17.0 Å². The second-order valence-corrected chi connectivity index (χ2v) is 9.57. The minimum atomic E-state index is -1.14. The fourth-order valence-corrected chi connectivity index (χ4v) is 4.56. The van der Waals surface area contributed by atoms with Crippen molar-refractivity contribution in [2.45, 2.75) is 36.8 Å². The lowest BCUT2D eigenvalue weighted by Gasteiger charge is -2.32. The van der Waals surface area contributed by atoms with Crippen LogP contribution in [0.3, 0.4) is 0 Å². The van der Waals surface area contributed by atoms with Crippen molar-refractivity contribution in [1.29, 1.82) is 0 Å². The number of benzene rings is 2. The average molecular weight is 368 g/mol. The Morgan fingerprint density at radius 2 is 1.50 bits per heavy atom. The molecule has 0 aliphatic rings. The average Bonchev–Trinajstić information content (AvgIpc) is 3.16. The third-order valence-corrected chi connectivity index (χ3v) is 6.42. The number of anilines is 1. The summed E-state index contributed by atoms with van der Waals surface area (Å²) in [5, 5.41) is 3.30. The molecule has 136 valence electrons. The third-order valence-electron chi connectivity index (χ3n) is 4.21. The fourth-order valence-electron chi connectivity index (χ4n) is 2.94. The van der Waals surface area contributed by atoms with Crippen molar-refractivity contribution in [3.05, 3.63) is 90.4 Å². The van der Waals surface area contributed by atoms with Gasteiger partial charge in [-0.2, -0.15) is 0 Å². The van der Waals surface area contributed by atoms with Gasteiger partial charge in [-0.25, -0.2) is 0 Å². The van der Waals surface area contributed by atoms with Gasteiger partial charge in [0.15, 0.2) is 0 Å². The molecule has 0 saturated carbocycles. The standard InChI is InChI=1S/C22H25NO2S/c1-22(2,3)26(24)21(17-11-6-4-7-12-17)20(19-15-10-16-25-19)23-18-13-8-5-9-14-18/h4-16,20-21,23H,1-3H3/t20-,21-,26?/m0/s1. The molecule has 3 atom stereocenters. The molecular formula is C22H25NO2S. The van der Waals surface area contributed by atoms with Crippen molar-refractivity contribution in [2.75, 3.05) is 5.32 Å². The van der Waals surface area contributed by atoms with Crippen LogP contribution in [-0.4, -0.2) is 8.96 Å². The SMILES string of the molecule is CC(C)(C)S(=O)[C@@H](c1ccccc1)[C@@H](Nc1ccccc1)c1ccco1. The number of hydrogen-bond acceptors (Lipinski definition) is 3. The third kappa shape index (κ3) is 4.25. The van der Waals surface area contributed by atoms with Gasteiger partial charge in [0, 0.05) is 21.2 Å². The molecule has 3 rings (SSSR count). The zero-order valence-corrected chi connectivity index (χ0v) is 16.2. The lowest BCUT2D eigenvalue weighted by Crippen LogP contribution is -2.32. The fraction of sp³-hybridized carbons (Fsp3) is 0.273. The molecule has 26 heavy (non-hydrogen) atoms. The van der Waals surface area contributed by atoms with Crippen LogP contribution in [0.4, 0.5) is 5.69 Å². The summed E-state index contributed by atoms with van der Waals surface area (Å²) in [6.45, 7) is 6.04. The zero-order valence-electron chi connectivity index (χ0n) is 15.4. The van der Waals surface area contributed by atoms with E-state index in [9.17, 15) is 4.21 Å². The highest BCUT2D eigenvalue weighted by Crippen LogP contribution is 2.40. The van der Waals surface area contributed by atoms with Gasteiger partial charge >= 0.3 is 0 Å². The Morgan fingerprint density at radius 1 is 0.885 bits per heavy atom. The molecule has 3 nitrogen and oxygen atoms in total. The maximum absolute atomic E-state index is 13.5.